The Labute approximate surface area is 127 Å². The van der Waals surface area contributed by atoms with Gasteiger partial charge in [-0.1, -0.05) is 26.8 Å². The predicted molar refractivity (Wildman–Crippen MR) is 80.8 cm³/mol. The number of anilines is 1. The molecule has 0 atom stereocenters. The van der Waals surface area contributed by atoms with Crippen molar-refractivity contribution in [2.75, 3.05) is 5.32 Å². The Hall–Kier alpha value is -2.77. The van der Waals surface area contributed by atoms with E-state index in [1.807, 2.05) is 20.8 Å². The minimum Gasteiger partial charge on any atom is -0.305 e. The molecule has 0 bridgehead atoms. The van der Waals surface area contributed by atoms with Crippen molar-refractivity contribution in [2.24, 2.45) is 7.05 Å². The first-order valence-corrected chi connectivity index (χ1v) is 6.66. The van der Waals surface area contributed by atoms with E-state index in [9.17, 15) is 14.9 Å². The molecule has 0 radical (unpaired) electrons. The molecule has 0 aromatic carbocycles. The summed E-state index contributed by atoms with van der Waals surface area (Å²) in [6.07, 6.45) is 1.52. The van der Waals surface area contributed by atoms with Crippen molar-refractivity contribution in [3.8, 4) is 0 Å². The van der Waals surface area contributed by atoms with E-state index in [0.717, 1.165) is 0 Å². The number of pyridine rings is 1. The van der Waals surface area contributed by atoms with Gasteiger partial charge in [0, 0.05) is 18.7 Å². The predicted octanol–water partition coefficient (Wildman–Crippen LogP) is 2.27. The van der Waals surface area contributed by atoms with E-state index in [1.165, 1.54) is 17.9 Å². The molecule has 0 saturated carbocycles. The number of nitrogens with zero attached hydrogens (tertiary/aromatic N) is 4. The van der Waals surface area contributed by atoms with E-state index in [-0.39, 0.29) is 17.1 Å². The monoisotopic (exact) mass is 303 g/mol. The zero-order chi connectivity index (χ0) is 16.5. The number of nitro groups is 1. The highest BCUT2D eigenvalue weighted by Crippen LogP contribution is 2.33. The number of rotatable bonds is 3. The molecule has 116 valence electrons. The Bertz CT molecular complexity index is 716. The summed E-state index contributed by atoms with van der Waals surface area (Å²) in [5.41, 5.74) is -0.654. The molecule has 2 aromatic heterocycles. The molecule has 8 nitrogen and oxygen atoms in total. The third-order valence-corrected chi connectivity index (χ3v) is 3.04. The SMILES string of the molecule is Cn1nc(C(C)(C)C)c([N+](=O)[O-])c1C(=O)Nc1ccccn1. The lowest BCUT2D eigenvalue weighted by atomic mass is 9.91. The molecule has 1 N–H and O–H groups in total. The Balaban J connectivity index is 2.49. The molecule has 8 heteroatoms. The molecule has 0 aliphatic carbocycles. The number of hydrogen-bond donors (Lipinski definition) is 1. The van der Waals surface area contributed by atoms with Gasteiger partial charge in [0.2, 0.25) is 5.69 Å². The van der Waals surface area contributed by atoms with Crippen molar-refractivity contribution in [1.29, 1.82) is 0 Å². The number of nitrogens with one attached hydrogen (secondary N) is 1. The smallest absolute Gasteiger partial charge is 0.305 e. The number of amides is 1. The fourth-order valence-corrected chi connectivity index (χ4v) is 2.06. The molecule has 22 heavy (non-hydrogen) atoms. The first-order chi connectivity index (χ1) is 10.2. The Kier molecular flexibility index (Phi) is 3.94. The second-order valence-corrected chi connectivity index (χ2v) is 5.85. The second-order valence-electron chi connectivity index (χ2n) is 5.85. The summed E-state index contributed by atoms with van der Waals surface area (Å²) in [6, 6.07) is 5.02. The lowest BCUT2D eigenvalue weighted by molar-refractivity contribution is -0.386. The fraction of sp³-hybridized carbons (Fsp3) is 0.357. The van der Waals surface area contributed by atoms with Crippen LogP contribution in [0.4, 0.5) is 11.5 Å². The molecular formula is C14H17N5O3. The highest BCUT2D eigenvalue weighted by Gasteiger charge is 2.36. The Morgan fingerprint density at radius 3 is 2.55 bits per heavy atom. The average Bonchev–Trinajstić information content (AvgIpc) is 2.77. The van der Waals surface area contributed by atoms with Crippen molar-refractivity contribution in [1.82, 2.24) is 14.8 Å². The quantitative estimate of drug-likeness (QED) is 0.692. The number of carbonyl (C=O) groups is 1. The molecule has 0 aliphatic heterocycles. The minimum atomic E-state index is -0.615. The van der Waals surface area contributed by atoms with E-state index in [0.29, 0.717) is 5.82 Å². The van der Waals surface area contributed by atoms with Gasteiger partial charge in [-0.2, -0.15) is 5.10 Å². The van der Waals surface area contributed by atoms with Gasteiger partial charge in [-0.05, 0) is 12.1 Å². The van der Waals surface area contributed by atoms with Gasteiger partial charge < -0.3 is 5.32 Å². The summed E-state index contributed by atoms with van der Waals surface area (Å²) in [4.78, 5) is 27.2. The van der Waals surface area contributed by atoms with Crippen molar-refractivity contribution in [2.45, 2.75) is 26.2 Å². The van der Waals surface area contributed by atoms with Crippen LogP contribution in [0.2, 0.25) is 0 Å². The summed E-state index contributed by atoms with van der Waals surface area (Å²) in [5.74, 6) is -0.295. The van der Waals surface area contributed by atoms with Crippen LogP contribution in [0.3, 0.4) is 0 Å². The van der Waals surface area contributed by atoms with Crippen LogP contribution >= 0.6 is 0 Å². The summed E-state index contributed by atoms with van der Waals surface area (Å²) in [7, 11) is 1.51. The first-order valence-electron chi connectivity index (χ1n) is 6.66. The van der Waals surface area contributed by atoms with Gasteiger partial charge in [0.1, 0.15) is 11.5 Å². The highest BCUT2D eigenvalue weighted by atomic mass is 16.6. The van der Waals surface area contributed by atoms with Gasteiger partial charge in [0.05, 0.1) is 4.92 Å². The van der Waals surface area contributed by atoms with E-state index >= 15 is 0 Å². The maximum atomic E-state index is 12.4. The summed E-state index contributed by atoms with van der Waals surface area (Å²) in [5, 5.41) is 18.1. The van der Waals surface area contributed by atoms with Gasteiger partial charge in [-0.3, -0.25) is 19.6 Å². The largest absolute Gasteiger partial charge is 0.323 e. The van der Waals surface area contributed by atoms with Crippen LogP contribution in [0.15, 0.2) is 24.4 Å². The molecule has 2 heterocycles. The molecule has 1 amide bonds. The number of hydrogen-bond acceptors (Lipinski definition) is 5. The molecule has 0 aliphatic rings. The molecular weight excluding hydrogens is 286 g/mol. The topological polar surface area (TPSA) is 103 Å². The van der Waals surface area contributed by atoms with Crippen molar-refractivity contribution in [3.05, 3.63) is 45.9 Å². The molecule has 2 aromatic rings. The second kappa shape index (κ2) is 5.55. The summed E-state index contributed by atoms with van der Waals surface area (Å²) in [6.45, 7) is 5.42. The van der Waals surface area contributed by atoms with Gasteiger partial charge in [0.25, 0.3) is 5.91 Å². The highest BCUT2D eigenvalue weighted by molar-refractivity contribution is 6.05. The zero-order valence-electron chi connectivity index (χ0n) is 12.8. The van der Waals surface area contributed by atoms with Crippen LogP contribution in [0.25, 0.3) is 0 Å². The molecule has 2 rings (SSSR count). The van der Waals surface area contributed by atoms with E-state index < -0.39 is 16.2 Å². The number of aryl methyl sites for hydroxylation is 1. The van der Waals surface area contributed by atoms with Crippen LogP contribution in [0.5, 0.6) is 0 Å². The van der Waals surface area contributed by atoms with Crippen LogP contribution in [-0.2, 0) is 12.5 Å². The number of aromatic nitrogens is 3. The van der Waals surface area contributed by atoms with Crippen LogP contribution in [0.1, 0.15) is 37.0 Å². The summed E-state index contributed by atoms with van der Waals surface area (Å²) < 4.78 is 1.23. The summed E-state index contributed by atoms with van der Waals surface area (Å²) >= 11 is 0. The van der Waals surface area contributed by atoms with Crippen molar-refractivity contribution in [3.63, 3.8) is 0 Å². The molecule has 0 unspecified atom stereocenters. The third-order valence-electron chi connectivity index (χ3n) is 3.04. The van der Waals surface area contributed by atoms with Gasteiger partial charge in [0.15, 0.2) is 0 Å². The minimum absolute atomic E-state index is 0.0967. The number of carbonyl (C=O) groups excluding carboxylic acids is 1. The molecule has 0 fully saturated rings. The average molecular weight is 303 g/mol. The van der Waals surface area contributed by atoms with Gasteiger partial charge >= 0.3 is 5.69 Å². The maximum absolute atomic E-state index is 12.4. The van der Waals surface area contributed by atoms with Gasteiger partial charge in [-0.25, -0.2) is 4.98 Å². The molecule has 0 spiro atoms. The zero-order valence-corrected chi connectivity index (χ0v) is 12.8. The van der Waals surface area contributed by atoms with Crippen molar-refractivity contribution < 1.29 is 9.72 Å². The van der Waals surface area contributed by atoms with E-state index in [4.69, 9.17) is 0 Å². The lowest BCUT2D eigenvalue weighted by Gasteiger charge is -2.13. The third kappa shape index (κ3) is 2.95. The van der Waals surface area contributed by atoms with E-state index in [1.54, 1.807) is 18.2 Å². The molecule has 0 saturated heterocycles. The van der Waals surface area contributed by atoms with Gasteiger partial charge in [-0.15, -0.1) is 0 Å². The maximum Gasteiger partial charge on any atom is 0.323 e. The lowest BCUT2D eigenvalue weighted by Crippen LogP contribution is -2.18. The normalized spacial score (nSPS) is 11.3. The van der Waals surface area contributed by atoms with Crippen LogP contribution in [0, 0.1) is 10.1 Å². The van der Waals surface area contributed by atoms with Crippen molar-refractivity contribution >= 4 is 17.4 Å². The Morgan fingerprint density at radius 1 is 1.36 bits per heavy atom. The fourth-order valence-electron chi connectivity index (χ4n) is 2.06. The van der Waals surface area contributed by atoms with Crippen LogP contribution in [-0.4, -0.2) is 25.6 Å². The standard InChI is InChI=1S/C14H17N5O3/c1-14(2,3)12-10(19(21)22)11(18(4)17-12)13(20)16-9-7-5-6-8-15-9/h5-8H,1-4H3,(H,15,16,20). The first kappa shape index (κ1) is 15.6. The Morgan fingerprint density at radius 2 is 2.05 bits per heavy atom. The van der Waals surface area contributed by atoms with Crippen LogP contribution < -0.4 is 5.32 Å². The van der Waals surface area contributed by atoms with E-state index in [2.05, 4.69) is 15.4 Å².